The third-order valence-electron chi connectivity index (χ3n) is 4.16. The highest BCUT2D eigenvalue weighted by Crippen LogP contribution is 2.30. The Morgan fingerprint density at radius 2 is 1.79 bits per heavy atom. The van der Waals surface area contributed by atoms with E-state index in [2.05, 4.69) is 56.4 Å². The van der Waals surface area contributed by atoms with Gasteiger partial charge in [0, 0.05) is 43.1 Å². The van der Waals surface area contributed by atoms with Crippen molar-refractivity contribution in [3.63, 3.8) is 0 Å². The van der Waals surface area contributed by atoms with Crippen molar-refractivity contribution in [3.05, 3.63) is 23.6 Å². The maximum absolute atomic E-state index is 4.74. The molecular weight excluding hydrogens is 340 g/mol. The summed E-state index contributed by atoms with van der Waals surface area (Å²) in [5, 5.41) is 3.11. The minimum atomic E-state index is 0.00229. The van der Waals surface area contributed by atoms with E-state index >= 15 is 0 Å². The summed E-state index contributed by atoms with van der Waals surface area (Å²) in [6.45, 7) is 10.2. The number of rotatable bonds is 2. The SMILES string of the molecule is CC(C)(C)c1nsc(N2CCN(c3ncnc4ccsc34)CC2)n1. The minimum Gasteiger partial charge on any atom is -0.352 e. The smallest absolute Gasteiger partial charge is 0.205 e. The minimum absolute atomic E-state index is 0.00229. The van der Waals surface area contributed by atoms with Crippen molar-refractivity contribution >= 4 is 44.0 Å². The predicted molar refractivity (Wildman–Crippen MR) is 100 cm³/mol. The molecule has 1 fully saturated rings. The van der Waals surface area contributed by atoms with E-state index in [0.717, 1.165) is 48.5 Å². The van der Waals surface area contributed by atoms with Gasteiger partial charge in [-0.3, -0.25) is 0 Å². The third kappa shape index (κ3) is 2.84. The average molecular weight is 361 g/mol. The molecule has 0 aliphatic carbocycles. The molecule has 3 aromatic rings. The molecule has 1 aliphatic rings. The molecule has 1 aliphatic heterocycles. The van der Waals surface area contributed by atoms with E-state index in [9.17, 15) is 0 Å². The monoisotopic (exact) mass is 360 g/mol. The van der Waals surface area contributed by atoms with Gasteiger partial charge in [0.15, 0.2) is 0 Å². The van der Waals surface area contributed by atoms with Crippen LogP contribution in [0, 0.1) is 0 Å². The van der Waals surface area contributed by atoms with Crippen LogP contribution in [0.25, 0.3) is 10.2 Å². The number of nitrogens with zero attached hydrogens (tertiary/aromatic N) is 6. The number of hydrogen-bond donors (Lipinski definition) is 0. The molecule has 0 aromatic carbocycles. The summed E-state index contributed by atoms with van der Waals surface area (Å²) in [6, 6.07) is 2.05. The molecule has 0 bridgehead atoms. The van der Waals surface area contributed by atoms with Crippen LogP contribution in [0.5, 0.6) is 0 Å². The average Bonchev–Trinajstić information content (AvgIpc) is 3.23. The summed E-state index contributed by atoms with van der Waals surface area (Å²) < 4.78 is 5.71. The van der Waals surface area contributed by atoms with Crippen molar-refractivity contribution in [2.75, 3.05) is 36.0 Å². The van der Waals surface area contributed by atoms with Gasteiger partial charge >= 0.3 is 0 Å². The van der Waals surface area contributed by atoms with Crippen LogP contribution >= 0.6 is 22.9 Å². The first-order valence-electron chi connectivity index (χ1n) is 8.05. The lowest BCUT2D eigenvalue weighted by atomic mass is 9.96. The van der Waals surface area contributed by atoms with Crippen molar-refractivity contribution < 1.29 is 0 Å². The summed E-state index contributed by atoms with van der Waals surface area (Å²) in [6.07, 6.45) is 1.66. The molecule has 8 heteroatoms. The van der Waals surface area contributed by atoms with Gasteiger partial charge in [0.25, 0.3) is 0 Å². The van der Waals surface area contributed by atoms with Crippen LogP contribution < -0.4 is 9.80 Å². The highest BCUT2D eigenvalue weighted by Gasteiger charge is 2.25. The van der Waals surface area contributed by atoms with Gasteiger partial charge in [-0.05, 0) is 11.4 Å². The van der Waals surface area contributed by atoms with Gasteiger partial charge in [-0.1, -0.05) is 20.8 Å². The normalized spacial score (nSPS) is 16.1. The summed E-state index contributed by atoms with van der Waals surface area (Å²) in [5.74, 6) is 1.99. The molecule has 0 N–H and O–H groups in total. The number of fused-ring (bicyclic) bond motifs is 1. The second-order valence-electron chi connectivity index (χ2n) is 6.96. The Balaban J connectivity index is 1.49. The van der Waals surface area contributed by atoms with Gasteiger partial charge in [0.1, 0.15) is 18.0 Å². The van der Waals surface area contributed by atoms with Crippen LogP contribution in [0.1, 0.15) is 26.6 Å². The predicted octanol–water partition coefficient (Wildman–Crippen LogP) is 3.17. The lowest BCUT2D eigenvalue weighted by molar-refractivity contribution is 0.553. The Bertz CT molecular complexity index is 841. The molecule has 0 radical (unpaired) electrons. The fraction of sp³-hybridized carbons (Fsp3) is 0.500. The van der Waals surface area contributed by atoms with Gasteiger partial charge in [0.05, 0.1) is 10.2 Å². The van der Waals surface area contributed by atoms with Crippen molar-refractivity contribution in [2.24, 2.45) is 0 Å². The van der Waals surface area contributed by atoms with E-state index in [1.54, 1.807) is 17.7 Å². The van der Waals surface area contributed by atoms with E-state index in [4.69, 9.17) is 4.98 Å². The molecule has 0 spiro atoms. The molecule has 0 amide bonds. The largest absolute Gasteiger partial charge is 0.352 e. The van der Waals surface area contributed by atoms with Gasteiger partial charge in [-0.2, -0.15) is 4.37 Å². The molecule has 4 rings (SSSR count). The topological polar surface area (TPSA) is 58.0 Å². The number of anilines is 2. The Labute approximate surface area is 149 Å². The Morgan fingerprint density at radius 3 is 2.50 bits per heavy atom. The summed E-state index contributed by atoms with van der Waals surface area (Å²) in [5.41, 5.74) is 1.04. The number of thiophene rings is 1. The fourth-order valence-electron chi connectivity index (χ4n) is 2.76. The van der Waals surface area contributed by atoms with Crippen LogP contribution in [0.4, 0.5) is 10.9 Å². The molecule has 3 aromatic heterocycles. The van der Waals surface area contributed by atoms with Gasteiger partial charge in [0.2, 0.25) is 5.13 Å². The second kappa shape index (κ2) is 5.93. The van der Waals surface area contributed by atoms with E-state index in [1.807, 2.05) is 0 Å². The maximum Gasteiger partial charge on any atom is 0.205 e. The number of piperazine rings is 1. The first-order valence-corrected chi connectivity index (χ1v) is 9.70. The summed E-state index contributed by atoms with van der Waals surface area (Å²) >= 11 is 3.22. The number of aromatic nitrogens is 4. The fourth-order valence-corrected chi connectivity index (χ4v) is 4.53. The van der Waals surface area contributed by atoms with E-state index in [-0.39, 0.29) is 5.41 Å². The van der Waals surface area contributed by atoms with E-state index in [0.29, 0.717) is 0 Å². The van der Waals surface area contributed by atoms with Crippen LogP contribution in [-0.2, 0) is 5.41 Å². The lowest BCUT2D eigenvalue weighted by Gasteiger charge is -2.35. The Morgan fingerprint density at radius 1 is 1.04 bits per heavy atom. The zero-order valence-electron chi connectivity index (χ0n) is 14.1. The molecule has 24 heavy (non-hydrogen) atoms. The molecule has 1 saturated heterocycles. The molecular formula is C16H20N6S2. The summed E-state index contributed by atoms with van der Waals surface area (Å²) in [4.78, 5) is 18.3. The highest BCUT2D eigenvalue weighted by molar-refractivity contribution is 7.17. The molecule has 0 saturated carbocycles. The highest BCUT2D eigenvalue weighted by atomic mass is 32.1. The third-order valence-corrected chi connectivity index (χ3v) is 5.84. The van der Waals surface area contributed by atoms with Crippen molar-refractivity contribution in [1.29, 1.82) is 0 Å². The summed E-state index contributed by atoms with van der Waals surface area (Å²) in [7, 11) is 0. The van der Waals surface area contributed by atoms with Gasteiger partial charge in [-0.25, -0.2) is 15.0 Å². The molecule has 4 heterocycles. The second-order valence-corrected chi connectivity index (χ2v) is 8.60. The van der Waals surface area contributed by atoms with Crippen LogP contribution in [0.15, 0.2) is 17.8 Å². The van der Waals surface area contributed by atoms with Gasteiger partial charge < -0.3 is 9.80 Å². The molecule has 6 nitrogen and oxygen atoms in total. The Kier molecular flexibility index (Phi) is 3.88. The van der Waals surface area contributed by atoms with Gasteiger partial charge in [-0.15, -0.1) is 11.3 Å². The van der Waals surface area contributed by atoms with Crippen molar-refractivity contribution in [3.8, 4) is 0 Å². The molecule has 0 unspecified atom stereocenters. The standard InChI is InChI=1S/C16H20N6S2/c1-16(2,3)14-19-15(24-20-14)22-7-5-21(6-8-22)13-12-11(4-9-23-12)17-10-18-13/h4,9-10H,5-8H2,1-3H3. The van der Waals surface area contributed by atoms with Crippen molar-refractivity contribution in [2.45, 2.75) is 26.2 Å². The Hall–Kier alpha value is -1.80. The zero-order chi connectivity index (χ0) is 16.7. The van der Waals surface area contributed by atoms with Crippen LogP contribution in [0.3, 0.4) is 0 Å². The molecule has 0 atom stereocenters. The van der Waals surface area contributed by atoms with E-state index in [1.165, 1.54) is 16.2 Å². The maximum atomic E-state index is 4.74. The quantitative estimate of drug-likeness (QED) is 0.700. The number of hydrogen-bond acceptors (Lipinski definition) is 8. The first kappa shape index (κ1) is 15.7. The lowest BCUT2D eigenvalue weighted by Crippen LogP contribution is -2.46. The van der Waals surface area contributed by atoms with Crippen LogP contribution in [-0.4, -0.2) is 45.5 Å². The first-order chi connectivity index (χ1) is 11.5. The zero-order valence-corrected chi connectivity index (χ0v) is 15.7. The van der Waals surface area contributed by atoms with Crippen molar-refractivity contribution in [1.82, 2.24) is 19.3 Å². The van der Waals surface area contributed by atoms with E-state index < -0.39 is 0 Å². The van der Waals surface area contributed by atoms with Crippen LogP contribution in [0.2, 0.25) is 0 Å². The molecule has 126 valence electrons.